The molecular formula is C14H12N2O2S. The van der Waals surface area contributed by atoms with Crippen LogP contribution in [-0.4, -0.2) is 22.6 Å². The molecule has 0 saturated carbocycles. The van der Waals surface area contributed by atoms with Gasteiger partial charge in [0.2, 0.25) is 0 Å². The summed E-state index contributed by atoms with van der Waals surface area (Å²) in [5.74, 6) is 5.19. The molecule has 0 spiro atoms. The molecule has 0 aliphatic heterocycles. The van der Waals surface area contributed by atoms with Crippen LogP contribution in [0.2, 0.25) is 0 Å². The van der Waals surface area contributed by atoms with E-state index in [-0.39, 0.29) is 12.5 Å². The van der Waals surface area contributed by atoms with Crippen molar-refractivity contribution in [2.75, 3.05) is 6.61 Å². The molecule has 0 atom stereocenters. The Kier molecular flexibility index (Phi) is 4.67. The van der Waals surface area contributed by atoms with Crippen molar-refractivity contribution in [2.24, 2.45) is 0 Å². The highest BCUT2D eigenvalue weighted by Crippen LogP contribution is 2.13. The van der Waals surface area contributed by atoms with E-state index in [4.69, 9.17) is 5.11 Å². The van der Waals surface area contributed by atoms with Gasteiger partial charge in [0, 0.05) is 24.3 Å². The Hall–Kier alpha value is -2.16. The third-order valence-corrected chi connectivity index (χ3v) is 3.20. The lowest BCUT2D eigenvalue weighted by Gasteiger charge is -2.02. The minimum absolute atomic E-state index is 0.134. The number of nitrogens with one attached hydrogen (secondary N) is 1. The fourth-order valence-corrected chi connectivity index (χ4v) is 2.19. The predicted molar refractivity (Wildman–Crippen MR) is 73.7 cm³/mol. The Morgan fingerprint density at radius 2 is 2.21 bits per heavy atom. The van der Waals surface area contributed by atoms with Crippen molar-refractivity contribution in [1.82, 2.24) is 10.3 Å². The van der Waals surface area contributed by atoms with Crippen LogP contribution in [0, 0.1) is 11.8 Å². The van der Waals surface area contributed by atoms with Gasteiger partial charge in [-0.25, -0.2) is 0 Å². The molecule has 4 nitrogen and oxygen atoms in total. The van der Waals surface area contributed by atoms with Gasteiger partial charge in [0.05, 0.1) is 10.4 Å². The number of hydrogen-bond acceptors (Lipinski definition) is 4. The van der Waals surface area contributed by atoms with Crippen LogP contribution in [0.4, 0.5) is 0 Å². The van der Waals surface area contributed by atoms with Gasteiger partial charge >= 0.3 is 0 Å². The molecule has 0 radical (unpaired) electrons. The van der Waals surface area contributed by atoms with Crippen molar-refractivity contribution in [3.05, 3.63) is 52.0 Å². The summed E-state index contributed by atoms with van der Waals surface area (Å²) < 4.78 is 0. The Morgan fingerprint density at radius 3 is 2.95 bits per heavy atom. The Bertz CT molecular complexity index is 611. The standard InChI is InChI=1S/C14H12N2O2S/c17-7-1-2-13-8-12(10-19-13)14(18)16-9-11-3-5-15-6-4-11/h3-6,8,10,17H,7,9H2,(H,16,18). The highest BCUT2D eigenvalue weighted by atomic mass is 32.1. The first kappa shape index (κ1) is 13.3. The van der Waals surface area contributed by atoms with Crippen molar-refractivity contribution in [3.63, 3.8) is 0 Å². The molecule has 2 aromatic rings. The number of hydrogen-bond donors (Lipinski definition) is 2. The van der Waals surface area contributed by atoms with Crippen LogP contribution in [0.15, 0.2) is 36.0 Å². The van der Waals surface area contributed by atoms with E-state index >= 15 is 0 Å². The number of pyridine rings is 1. The van der Waals surface area contributed by atoms with Gasteiger partial charge in [0.15, 0.2) is 0 Å². The second-order valence-electron chi connectivity index (χ2n) is 3.70. The average molecular weight is 272 g/mol. The van der Waals surface area contributed by atoms with Crippen molar-refractivity contribution in [2.45, 2.75) is 6.54 Å². The molecule has 5 heteroatoms. The zero-order valence-corrected chi connectivity index (χ0v) is 10.9. The normalized spacial score (nSPS) is 9.53. The number of aliphatic hydroxyl groups is 1. The van der Waals surface area contributed by atoms with Crippen LogP contribution >= 0.6 is 11.3 Å². The molecule has 2 N–H and O–H groups in total. The third kappa shape index (κ3) is 3.91. The van der Waals surface area contributed by atoms with Gasteiger partial charge in [-0.15, -0.1) is 11.3 Å². The quantitative estimate of drug-likeness (QED) is 0.831. The monoisotopic (exact) mass is 272 g/mol. The number of aromatic nitrogens is 1. The molecule has 0 saturated heterocycles. The molecular weight excluding hydrogens is 260 g/mol. The summed E-state index contributed by atoms with van der Waals surface area (Å²) in [6, 6.07) is 5.42. The van der Waals surface area contributed by atoms with Crippen molar-refractivity contribution in [1.29, 1.82) is 0 Å². The Balaban J connectivity index is 1.95. The Labute approximate surface area is 115 Å². The number of amides is 1. The van der Waals surface area contributed by atoms with Crippen molar-refractivity contribution < 1.29 is 9.90 Å². The maximum Gasteiger partial charge on any atom is 0.252 e. The van der Waals surface area contributed by atoms with E-state index in [2.05, 4.69) is 22.1 Å². The number of nitrogens with zero attached hydrogens (tertiary/aromatic N) is 1. The fraction of sp³-hybridized carbons (Fsp3) is 0.143. The smallest absolute Gasteiger partial charge is 0.252 e. The maximum atomic E-state index is 11.9. The second kappa shape index (κ2) is 6.69. The summed E-state index contributed by atoms with van der Waals surface area (Å²) >= 11 is 1.38. The summed E-state index contributed by atoms with van der Waals surface area (Å²) in [5, 5.41) is 13.2. The van der Waals surface area contributed by atoms with Crippen molar-refractivity contribution >= 4 is 17.2 Å². The van der Waals surface area contributed by atoms with E-state index in [1.54, 1.807) is 23.8 Å². The maximum absolute atomic E-state index is 11.9. The topological polar surface area (TPSA) is 62.2 Å². The first-order chi connectivity index (χ1) is 9.29. The van der Waals surface area contributed by atoms with Crippen molar-refractivity contribution in [3.8, 4) is 11.8 Å². The van der Waals surface area contributed by atoms with E-state index in [9.17, 15) is 4.79 Å². The van der Waals surface area contributed by atoms with Gasteiger partial charge in [-0.1, -0.05) is 11.8 Å². The SMILES string of the molecule is O=C(NCc1ccncc1)c1csc(C#CCO)c1. The lowest BCUT2D eigenvalue weighted by atomic mass is 10.2. The van der Waals surface area contributed by atoms with Gasteiger partial charge in [0.1, 0.15) is 6.61 Å². The lowest BCUT2D eigenvalue weighted by molar-refractivity contribution is 0.0951. The average Bonchev–Trinajstić information content (AvgIpc) is 2.92. The first-order valence-electron chi connectivity index (χ1n) is 5.65. The molecule has 0 bridgehead atoms. The largest absolute Gasteiger partial charge is 0.384 e. The molecule has 2 heterocycles. The molecule has 96 valence electrons. The van der Waals surface area contributed by atoms with Gasteiger partial charge in [-0.2, -0.15) is 0 Å². The zero-order valence-electron chi connectivity index (χ0n) is 10.1. The Morgan fingerprint density at radius 1 is 1.42 bits per heavy atom. The fourth-order valence-electron chi connectivity index (χ4n) is 1.43. The van der Waals surface area contributed by atoms with Crippen LogP contribution in [0.3, 0.4) is 0 Å². The molecule has 1 amide bonds. The van der Waals surface area contributed by atoms with Crippen LogP contribution in [0.25, 0.3) is 0 Å². The number of carbonyl (C=O) groups excluding carboxylic acids is 1. The lowest BCUT2D eigenvalue weighted by Crippen LogP contribution is -2.22. The highest BCUT2D eigenvalue weighted by molar-refractivity contribution is 7.10. The molecule has 19 heavy (non-hydrogen) atoms. The number of aliphatic hydroxyl groups excluding tert-OH is 1. The summed E-state index contributed by atoms with van der Waals surface area (Å²) in [5.41, 5.74) is 1.58. The predicted octanol–water partition coefficient (Wildman–Crippen LogP) is 1.42. The number of carbonyl (C=O) groups is 1. The molecule has 2 aromatic heterocycles. The summed E-state index contributed by atoms with van der Waals surface area (Å²) in [4.78, 5) is 16.6. The van der Waals surface area contributed by atoms with Gasteiger partial charge in [-0.05, 0) is 23.8 Å². The van der Waals surface area contributed by atoms with E-state index in [1.807, 2.05) is 12.1 Å². The van der Waals surface area contributed by atoms with Crippen LogP contribution in [-0.2, 0) is 6.54 Å². The summed E-state index contributed by atoms with van der Waals surface area (Å²) in [6.45, 7) is 0.288. The van der Waals surface area contributed by atoms with E-state index < -0.39 is 0 Å². The molecule has 0 aromatic carbocycles. The van der Waals surface area contributed by atoms with Crippen LogP contribution in [0.1, 0.15) is 20.8 Å². The highest BCUT2D eigenvalue weighted by Gasteiger charge is 2.07. The number of thiophene rings is 1. The molecule has 0 unspecified atom stereocenters. The third-order valence-electron chi connectivity index (χ3n) is 2.35. The molecule has 2 rings (SSSR count). The first-order valence-corrected chi connectivity index (χ1v) is 6.53. The van der Waals surface area contributed by atoms with Crippen LogP contribution < -0.4 is 5.32 Å². The number of rotatable bonds is 3. The van der Waals surface area contributed by atoms with Gasteiger partial charge < -0.3 is 10.4 Å². The molecule has 0 aliphatic carbocycles. The minimum atomic E-state index is -0.179. The van der Waals surface area contributed by atoms with E-state index in [0.29, 0.717) is 12.1 Å². The zero-order chi connectivity index (χ0) is 13.5. The minimum Gasteiger partial charge on any atom is -0.384 e. The van der Waals surface area contributed by atoms with Gasteiger partial charge in [0.25, 0.3) is 5.91 Å². The van der Waals surface area contributed by atoms with E-state index in [1.165, 1.54) is 11.3 Å². The molecule has 0 fully saturated rings. The second-order valence-corrected chi connectivity index (χ2v) is 4.61. The molecule has 0 aliphatic rings. The van der Waals surface area contributed by atoms with Gasteiger partial charge in [-0.3, -0.25) is 9.78 Å². The summed E-state index contributed by atoms with van der Waals surface area (Å²) in [6.07, 6.45) is 3.38. The van der Waals surface area contributed by atoms with E-state index in [0.717, 1.165) is 10.4 Å². The summed E-state index contributed by atoms with van der Waals surface area (Å²) in [7, 11) is 0. The van der Waals surface area contributed by atoms with Crippen LogP contribution in [0.5, 0.6) is 0 Å².